The maximum Gasteiger partial charge on any atom is 0.316 e. The zero-order valence-corrected chi connectivity index (χ0v) is 26.0. The van der Waals surface area contributed by atoms with Crippen LogP contribution in [0.15, 0.2) is 12.7 Å². The number of carbonyl (C=O) groups is 6. The molecule has 42 heavy (non-hydrogen) atoms. The van der Waals surface area contributed by atoms with Gasteiger partial charge in [0.1, 0.15) is 23.9 Å². The SMILES string of the molecule is C=C[C@@H]1C[C@@H](C(=O)NC(CC2CC2)C(=O)C(N)=O)N(C(=O)[C@@H](NC(=O)N[C@@](C=O)(COC(C)C)C(C)C)C(C)(C)C)C1. The predicted molar refractivity (Wildman–Crippen MR) is 157 cm³/mol. The molecule has 0 aromatic rings. The van der Waals surface area contributed by atoms with Crippen LogP contribution in [0.5, 0.6) is 0 Å². The molecular formula is C30H49N5O7. The van der Waals surface area contributed by atoms with Gasteiger partial charge in [0.25, 0.3) is 5.91 Å². The Balaban J connectivity index is 2.29. The van der Waals surface area contributed by atoms with Gasteiger partial charge in [0.05, 0.1) is 18.8 Å². The molecule has 1 heterocycles. The third-order valence-electron chi connectivity index (χ3n) is 8.03. The number of nitrogens with two attached hydrogens (primary N) is 1. The van der Waals surface area contributed by atoms with E-state index < -0.39 is 58.6 Å². The maximum absolute atomic E-state index is 14.0. The number of likely N-dealkylation sites (tertiary alicyclic amines) is 1. The molecule has 2 aliphatic rings. The highest BCUT2D eigenvalue weighted by Gasteiger charge is 2.46. The van der Waals surface area contributed by atoms with Crippen LogP contribution in [0, 0.1) is 23.2 Å². The van der Waals surface area contributed by atoms with E-state index in [4.69, 9.17) is 10.5 Å². The van der Waals surface area contributed by atoms with E-state index in [1.165, 1.54) is 4.90 Å². The van der Waals surface area contributed by atoms with Gasteiger partial charge >= 0.3 is 6.03 Å². The van der Waals surface area contributed by atoms with Crippen molar-refractivity contribution in [3.05, 3.63) is 12.7 Å². The van der Waals surface area contributed by atoms with E-state index in [1.54, 1.807) is 40.7 Å². The van der Waals surface area contributed by atoms with Crippen molar-refractivity contribution >= 4 is 35.8 Å². The van der Waals surface area contributed by atoms with Crippen molar-refractivity contribution in [2.24, 2.45) is 28.9 Å². The molecule has 0 aromatic heterocycles. The first-order valence-electron chi connectivity index (χ1n) is 14.7. The number of rotatable bonds is 15. The lowest BCUT2D eigenvalue weighted by Crippen LogP contribution is -2.64. The summed E-state index contributed by atoms with van der Waals surface area (Å²) in [6.07, 6.45) is 4.50. The average Bonchev–Trinajstić information content (AvgIpc) is 3.61. The zero-order valence-electron chi connectivity index (χ0n) is 26.0. The Labute approximate surface area is 248 Å². The summed E-state index contributed by atoms with van der Waals surface area (Å²) in [6.45, 7) is 16.5. The standard InChI is InChI=1S/C30H49N5O7/c1-9-19-13-22(26(39)32-21(12-20-10-11-20)23(37)25(31)38)35(14-19)27(40)24(29(6,7)8)33-28(41)34-30(15-36,17(2)3)16-42-18(4)5/h9,15,17-22,24H,1,10-14,16H2,2-8H3,(H2,31,38)(H,32,39)(H2,33,34,41)/t19-,21?,22+,24-,30+/m1/s1. The lowest BCUT2D eigenvalue weighted by Gasteiger charge is -2.38. The normalized spacial score (nSPS) is 21.7. The van der Waals surface area contributed by atoms with Gasteiger partial charge in [-0.3, -0.25) is 19.2 Å². The van der Waals surface area contributed by atoms with Crippen LogP contribution in [0.3, 0.4) is 0 Å². The van der Waals surface area contributed by atoms with Crippen molar-refractivity contribution < 1.29 is 33.5 Å². The highest BCUT2D eigenvalue weighted by atomic mass is 16.5. The number of urea groups is 1. The lowest BCUT2D eigenvalue weighted by molar-refractivity contribution is -0.143. The van der Waals surface area contributed by atoms with E-state index in [0.29, 0.717) is 12.7 Å². The third-order valence-corrected chi connectivity index (χ3v) is 8.03. The van der Waals surface area contributed by atoms with Crippen molar-refractivity contribution in [1.29, 1.82) is 0 Å². The van der Waals surface area contributed by atoms with Gasteiger partial charge in [0, 0.05) is 6.54 Å². The molecule has 1 aliphatic heterocycles. The number of primary amides is 1. The number of Topliss-reactive ketones (excluding diaryl/α,β-unsaturated/α-hetero) is 1. The number of carbonyl (C=O) groups excluding carboxylic acids is 6. The average molecular weight is 592 g/mol. The number of hydrogen-bond acceptors (Lipinski definition) is 7. The van der Waals surface area contributed by atoms with Crippen LogP contribution in [0.1, 0.15) is 74.1 Å². The van der Waals surface area contributed by atoms with Gasteiger partial charge in [0.2, 0.25) is 17.6 Å². The van der Waals surface area contributed by atoms with Gasteiger partial charge in [-0.15, -0.1) is 6.58 Å². The topological polar surface area (TPSA) is 177 Å². The fourth-order valence-electron chi connectivity index (χ4n) is 4.93. The maximum atomic E-state index is 14.0. The Morgan fingerprint density at radius 1 is 1.07 bits per heavy atom. The first-order chi connectivity index (χ1) is 19.4. The molecule has 0 bridgehead atoms. The number of ketones is 1. The van der Waals surface area contributed by atoms with Crippen molar-refractivity contribution in [3.63, 3.8) is 0 Å². The number of ether oxygens (including phenoxy) is 1. The Morgan fingerprint density at radius 3 is 2.14 bits per heavy atom. The molecule has 2 rings (SSSR count). The van der Waals surface area contributed by atoms with Gasteiger partial charge in [-0.2, -0.15) is 0 Å². The largest absolute Gasteiger partial charge is 0.376 e. The number of nitrogens with zero attached hydrogens (tertiary/aromatic N) is 1. The van der Waals surface area contributed by atoms with Gasteiger partial charge in [-0.05, 0) is 49.9 Å². The Morgan fingerprint density at radius 2 is 1.69 bits per heavy atom. The molecule has 0 aromatic carbocycles. The summed E-state index contributed by atoms with van der Waals surface area (Å²) >= 11 is 0. The minimum absolute atomic E-state index is 0.0468. The van der Waals surface area contributed by atoms with E-state index in [-0.39, 0.29) is 43.4 Å². The minimum Gasteiger partial charge on any atom is -0.376 e. The van der Waals surface area contributed by atoms with Crippen LogP contribution in [0.4, 0.5) is 4.79 Å². The van der Waals surface area contributed by atoms with Crippen molar-refractivity contribution in [2.75, 3.05) is 13.2 Å². The fraction of sp³-hybridized carbons (Fsp3) is 0.733. The molecule has 1 unspecified atom stereocenters. The monoisotopic (exact) mass is 591 g/mol. The minimum atomic E-state index is -1.33. The number of aldehydes is 1. The highest BCUT2D eigenvalue weighted by molar-refractivity contribution is 6.37. The Bertz CT molecular complexity index is 1050. The summed E-state index contributed by atoms with van der Waals surface area (Å²) in [5.41, 5.74) is 3.12. The Kier molecular flexibility index (Phi) is 11.9. The summed E-state index contributed by atoms with van der Waals surface area (Å²) in [4.78, 5) is 78.4. The van der Waals surface area contributed by atoms with Crippen LogP contribution < -0.4 is 21.7 Å². The van der Waals surface area contributed by atoms with E-state index >= 15 is 0 Å². The molecule has 0 radical (unpaired) electrons. The molecule has 12 heteroatoms. The summed E-state index contributed by atoms with van der Waals surface area (Å²) < 4.78 is 5.66. The second-order valence-corrected chi connectivity index (χ2v) is 13.3. The predicted octanol–water partition coefficient (Wildman–Crippen LogP) is 1.46. The molecule has 2 fully saturated rings. The van der Waals surface area contributed by atoms with Crippen LogP contribution in [0.25, 0.3) is 0 Å². The van der Waals surface area contributed by atoms with E-state index in [2.05, 4.69) is 22.5 Å². The van der Waals surface area contributed by atoms with E-state index in [9.17, 15) is 28.8 Å². The van der Waals surface area contributed by atoms with Gasteiger partial charge in [-0.25, -0.2) is 4.79 Å². The van der Waals surface area contributed by atoms with Crippen molar-refractivity contribution in [2.45, 2.75) is 104 Å². The molecular weight excluding hydrogens is 542 g/mol. The first kappa shape index (κ1) is 34.9. The molecule has 5 amide bonds. The van der Waals surface area contributed by atoms with Crippen molar-refractivity contribution in [3.8, 4) is 0 Å². The van der Waals surface area contributed by atoms with Crippen LogP contribution in [-0.4, -0.2) is 83.6 Å². The van der Waals surface area contributed by atoms with Gasteiger partial charge in [0.15, 0.2) is 0 Å². The second kappa shape index (κ2) is 14.3. The number of amides is 5. The van der Waals surface area contributed by atoms with Crippen LogP contribution >= 0.6 is 0 Å². The van der Waals surface area contributed by atoms with Crippen LogP contribution in [-0.2, 0) is 28.7 Å². The van der Waals surface area contributed by atoms with Gasteiger partial charge < -0.3 is 36.1 Å². The Hall–Kier alpha value is -3.28. The quantitative estimate of drug-likeness (QED) is 0.127. The molecule has 0 spiro atoms. The lowest BCUT2D eigenvalue weighted by atomic mass is 9.85. The first-order valence-corrected chi connectivity index (χ1v) is 14.7. The molecule has 236 valence electrons. The van der Waals surface area contributed by atoms with Gasteiger partial charge in [-0.1, -0.05) is 53.5 Å². The summed E-state index contributed by atoms with van der Waals surface area (Å²) in [5.74, 6) is -3.36. The second-order valence-electron chi connectivity index (χ2n) is 13.3. The molecule has 12 nitrogen and oxygen atoms in total. The molecule has 1 saturated heterocycles. The molecule has 1 aliphatic carbocycles. The van der Waals surface area contributed by atoms with Crippen molar-refractivity contribution in [1.82, 2.24) is 20.9 Å². The zero-order chi connectivity index (χ0) is 32.0. The molecule has 5 atom stereocenters. The third kappa shape index (κ3) is 9.11. The van der Waals surface area contributed by atoms with Crippen LogP contribution in [0.2, 0.25) is 0 Å². The molecule has 1 saturated carbocycles. The number of hydrogen-bond donors (Lipinski definition) is 4. The van der Waals surface area contributed by atoms with E-state index in [0.717, 1.165) is 12.8 Å². The number of nitrogens with one attached hydrogen (secondary N) is 3. The highest BCUT2D eigenvalue weighted by Crippen LogP contribution is 2.34. The molecule has 5 N–H and O–H groups in total. The smallest absolute Gasteiger partial charge is 0.316 e. The summed E-state index contributed by atoms with van der Waals surface area (Å²) in [5, 5.41) is 8.12. The summed E-state index contributed by atoms with van der Waals surface area (Å²) in [6, 6.07) is -3.83. The summed E-state index contributed by atoms with van der Waals surface area (Å²) in [7, 11) is 0. The van der Waals surface area contributed by atoms with E-state index in [1.807, 2.05) is 13.8 Å². The fourth-order valence-corrected chi connectivity index (χ4v) is 4.93.